The number of hydrogen-bond acceptors (Lipinski definition) is 5. The van der Waals surface area contributed by atoms with Crippen LogP contribution < -0.4 is 21.9 Å². The van der Waals surface area contributed by atoms with Crippen molar-refractivity contribution in [1.29, 1.82) is 0 Å². The Morgan fingerprint density at radius 2 is 2.13 bits per heavy atom. The second-order valence-electron chi connectivity index (χ2n) is 5.82. The standard InChI is InChI=1S/C15H19N5O3/c1-19-12-11(14(22)20(2)15(19)23)6-9(7-17-12)13(21)18-10-4-3-5-16-8-10/h6-7,10,16H,3-5,8H2,1-2H3,(H,18,21)/t10-/m0/s1. The number of rotatable bonds is 2. The lowest BCUT2D eigenvalue weighted by Crippen LogP contribution is -2.45. The summed E-state index contributed by atoms with van der Waals surface area (Å²) >= 11 is 0. The number of pyridine rings is 1. The summed E-state index contributed by atoms with van der Waals surface area (Å²) in [6, 6.07) is 1.57. The van der Waals surface area contributed by atoms with E-state index < -0.39 is 11.2 Å². The van der Waals surface area contributed by atoms with Gasteiger partial charge in [0.1, 0.15) is 5.65 Å². The number of aryl methyl sites for hydroxylation is 1. The molecule has 0 unspecified atom stereocenters. The summed E-state index contributed by atoms with van der Waals surface area (Å²) in [6.07, 6.45) is 3.34. The molecule has 2 aromatic heterocycles. The van der Waals surface area contributed by atoms with Gasteiger partial charge in [-0.05, 0) is 25.5 Å². The quantitative estimate of drug-likeness (QED) is 0.749. The van der Waals surface area contributed by atoms with Crippen molar-refractivity contribution in [3.05, 3.63) is 38.7 Å². The zero-order valence-corrected chi connectivity index (χ0v) is 13.1. The molecule has 1 saturated heterocycles. The molecule has 1 amide bonds. The van der Waals surface area contributed by atoms with E-state index in [0.29, 0.717) is 5.56 Å². The van der Waals surface area contributed by atoms with Gasteiger partial charge in [-0.3, -0.25) is 18.7 Å². The second-order valence-corrected chi connectivity index (χ2v) is 5.82. The van der Waals surface area contributed by atoms with Crippen LogP contribution in [0.15, 0.2) is 21.9 Å². The average Bonchev–Trinajstić information content (AvgIpc) is 2.58. The van der Waals surface area contributed by atoms with Gasteiger partial charge in [0.05, 0.1) is 10.9 Å². The largest absolute Gasteiger partial charge is 0.348 e. The summed E-state index contributed by atoms with van der Waals surface area (Å²) in [4.78, 5) is 40.6. The van der Waals surface area contributed by atoms with Gasteiger partial charge in [0, 0.05) is 32.9 Å². The number of carbonyl (C=O) groups excluding carboxylic acids is 1. The smallest absolute Gasteiger partial charge is 0.332 e. The van der Waals surface area contributed by atoms with Crippen molar-refractivity contribution in [1.82, 2.24) is 24.8 Å². The normalized spacial score (nSPS) is 18.1. The van der Waals surface area contributed by atoms with Crippen LogP contribution in [-0.2, 0) is 14.1 Å². The van der Waals surface area contributed by atoms with Gasteiger partial charge in [-0.25, -0.2) is 9.78 Å². The Balaban J connectivity index is 1.98. The number of aromatic nitrogens is 3. The molecule has 0 aromatic carbocycles. The number of amides is 1. The van der Waals surface area contributed by atoms with E-state index in [-0.39, 0.29) is 23.0 Å². The van der Waals surface area contributed by atoms with Gasteiger partial charge in [0.15, 0.2) is 0 Å². The van der Waals surface area contributed by atoms with E-state index in [1.807, 2.05) is 0 Å². The molecule has 1 fully saturated rings. The van der Waals surface area contributed by atoms with Gasteiger partial charge >= 0.3 is 5.69 Å². The molecule has 0 aliphatic carbocycles. The van der Waals surface area contributed by atoms with Crippen LogP contribution in [-0.4, -0.2) is 39.2 Å². The molecule has 0 spiro atoms. The number of nitrogens with one attached hydrogen (secondary N) is 2. The molecule has 8 heteroatoms. The maximum absolute atomic E-state index is 12.3. The zero-order valence-electron chi connectivity index (χ0n) is 13.1. The first-order valence-electron chi connectivity index (χ1n) is 7.56. The van der Waals surface area contributed by atoms with E-state index in [4.69, 9.17) is 0 Å². The first-order valence-corrected chi connectivity index (χ1v) is 7.56. The first-order chi connectivity index (χ1) is 11.0. The van der Waals surface area contributed by atoms with E-state index in [0.717, 1.165) is 30.5 Å². The van der Waals surface area contributed by atoms with Crippen LogP contribution in [0.1, 0.15) is 23.2 Å². The van der Waals surface area contributed by atoms with Crippen molar-refractivity contribution in [3.63, 3.8) is 0 Å². The Labute approximate surface area is 132 Å². The Kier molecular flexibility index (Phi) is 3.99. The van der Waals surface area contributed by atoms with E-state index >= 15 is 0 Å². The molecular weight excluding hydrogens is 298 g/mol. The third kappa shape index (κ3) is 2.77. The van der Waals surface area contributed by atoms with E-state index in [1.165, 1.54) is 23.9 Å². The fourth-order valence-corrected chi connectivity index (χ4v) is 2.83. The van der Waals surface area contributed by atoms with Crippen molar-refractivity contribution in [2.75, 3.05) is 13.1 Å². The topological polar surface area (TPSA) is 98.0 Å². The lowest BCUT2D eigenvalue weighted by Gasteiger charge is -2.23. The Hall–Kier alpha value is -2.48. The molecule has 2 N–H and O–H groups in total. The first kappa shape index (κ1) is 15.4. The van der Waals surface area contributed by atoms with Gasteiger partial charge in [0.25, 0.3) is 11.5 Å². The molecule has 0 radical (unpaired) electrons. The van der Waals surface area contributed by atoms with Crippen molar-refractivity contribution in [2.45, 2.75) is 18.9 Å². The Morgan fingerprint density at radius 3 is 2.83 bits per heavy atom. The molecule has 3 heterocycles. The van der Waals surface area contributed by atoms with Crippen LogP contribution in [0.4, 0.5) is 0 Å². The number of nitrogens with zero attached hydrogens (tertiary/aromatic N) is 3. The maximum Gasteiger partial charge on any atom is 0.332 e. The summed E-state index contributed by atoms with van der Waals surface area (Å²) in [5.74, 6) is -0.260. The number of hydrogen-bond donors (Lipinski definition) is 2. The molecule has 3 rings (SSSR count). The molecule has 2 aromatic rings. The lowest BCUT2D eigenvalue weighted by atomic mass is 10.1. The third-order valence-electron chi connectivity index (χ3n) is 4.19. The van der Waals surface area contributed by atoms with Gasteiger partial charge in [0.2, 0.25) is 0 Å². The summed E-state index contributed by atoms with van der Waals surface area (Å²) in [7, 11) is 2.95. The predicted molar refractivity (Wildman–Crippen MR) is 85.6 cm³/mol. The van der Waals surface area contributed by atoms with Crippen LogP contribution >= 0.6 is 0 Å². The molecule has 8 nitrogen and oxygen atoms in total. The maximum atomic E-state index is 12.3. The summed E-state index contributed by atoms with van der Waals surface area (Å²) in [6.45, 7) is 1.71. The van der Waals surface area contributed by atoms with Crippen LogP contribution in [0.2, 0.25) is 0 Å². The van der Waals surface area contributed by atoms with Crippen molar-refractivity contribution in [3.8, 4) is 0 Å². The molecule has 1 aliphatic heterocycles. The van der Waals surface area contributed by atoms with E-state index in [9.17, 15) is 14.4 Å². The highest BCUT2D eigenvalue weighted by Crippen LogP contribution is 2.09. The van der Waals surface area contributed by atoms with Crippen LogP contribution in [0.25, 0.3) is 11.0 Å². The molecule has 0 bridgehead atoms. The molecule has 122 valence electrons. The van der Waals surface area contributed by atoms with E-state index in [2.05, 4.69) is 15.6 Å². The molecule has 1 aliphatic rings. The molecule has 0 saturated carbocycles. The Morgan fingerprint density at radius 1 is 1.35 bits per heavy atom. The molecule has 1 atom stereocenters. The van der Waals surface area contributed by atoms with Crippen molar-refractivity contribution >= 4 is 16.9 Å². The van der Waals surface area contributed by atoms with Gasteiger partial charge in [-0.2, -0.15) is 0 Å². The van der Waals surface area contributed by atoms with E-state index in [1.54, 1.807) is 7.05 Å². The van der Waals surface area contributed by atoms with Gasteiger partial charge in [-0.1, -0.05) is 0 Å². The fraction of sp³-hybridized carbons (Fsp3) is 0.467. The van der Waals surface area contributed by atoms with Gasteiger partial charge < -0.3 is 10.6 Å². The second kappa shape index (κ2) is 5.96. The van der Waals surface area contributed by atoms with Crippen molar-refractivity contribution < 1.29 is 4.79 Å². The average molecular weight is 317 g/mol. The molecule has 23 heavy (non-hydrogen) atoms. The number of piperidine rings is 1. The number of fused-ring (bicyclic) bond motifs is 1. The minimum atomic E-state index is -0.454. The highest BCUT2D eigenvalue weighted by atomic mass is 16.2. The predicted octanol–water partition coefficient (Wildman–Crippen LogP) is -0.886. The van der Waals surface area contributed by atoms with Crippen molar-refractivity contribution in [2.24, 2.45) is 14.1 Å². The SMILES string of the molecule is Cn1c(=O)c2cc(C(=O)N[C@H]3CCCNC3)cnc2n(C)c1=O. The monoisotopic (exact) mass is 317 g/mol. The highest BCUT2D eigenvalue weighted by Gasteiger charge is 2.18. The van der Waals surface area contributed by atoms with Gasteiger partial charge in [-0.15, -0.1) is 0 Å². The van der Waals surface area contributed by atoms with Crippen LogP contribution in [0.3, 0.4) is 0 Å². The number of carbonyl (C=O) groups is 1. The zero-order chi connectivity index (χ0) is 16.6. The van der Waals surface area contributed by atoms with Crippen LogP contribution in [0, 0.1) is 0 Å². The Bertz CT molecular complexity index is 877. The minimum absolute atomic E-state index is 0.0786. The molecular formula is C15H19N5O3. The summed E-state index contributed by atoms with van der Waals surface area (Å²) in [5.41, 5.74) is -0.308. The highest BCUT2D eigenvalue weighted by molar-refractivity contribution is 5.96. The summed E-state index contributed by atoms with van der Waals surface area (Å²) < 4.78 is 2.31. The minimum Gasteiger partial charge on any atom is -0.348 e. The summed E-state index contributed by atoms with van der Waals surface area (Å²) in [5, 5.41) is 6.42. The fourth-order valence-electron chi connectivity index (χ4n) is 2.83. The van der Waals surface area contributed by atoms with Crippen LogP contribution in [0.5, 0.6) is 0 Å². The lowest BCUT2D eigenvalue weighted by molar-refractivity contribution is 0.0930. The third-order valence-corrected chi connectivity index (χ3v) is 4.19.